The minimum absolute atomic E-state index is 0.0743. The number of carbonyl (C=O) groups is 1. The van der Waals surface area contributed by atoms with Crippen molar-refractivity contribution in [2.75, 3.05) is 0 Å². The highest BCUT2D eigenvalue weighted by molar-refractivity contribution is 6.10. The average molecular weight is 300 g/mol. The zero-order valence-electron chi connectivity index (χ0n) is 12.3. The van der Waals surface area contributed by atoms with E-state index in [1.807, 2.05) is 30.3 Å². The van der Waals surface area contributed by atoms with Crippen LogP contribution >= 0.6 is 0 Å². The SMILES string of the molecule is O=C(c1ccccc1)c1ccccc1C#Cc1cccc(F)c1. The highest BCUT2D eigenvalue weighted by atomic mass is 19.1. The fourth-order valence-corrected chi connectivity index (χ4v) is 2.24. The van der Waals surface area contributed by atoms with Gasteiger partial charge in [0.05, 0.1) is 0 Å². The van der Waals surface area contributed by atoms with E-state index in [0.717, 1.165) is 0 Å². The third-order valence-corrected chi connectivity index (χ3v) is 3.37. The van der Waals surface area contributed by atoms with Crippen molar-refractivity contribution < 1.29 is 9.18 Å². The second kappa shape index (κ2) is 6.72. The van der Waals surface area contributed by atoms with E-state index in [0.29, 0.717) is 22.3 Å². The number of hydrogen-bond acceptors (Lipinski definition) is 1. The van der Waals surface area contributed by atoms with Gasteiger partial charge in [0.2, 0.25) is 0 Å². The molecular weight excluding hydrogens is 287 g/mol. The van der Waals surface area contributed by atoms with E-state index >= 15 is 0 Å². The van der Waals surface area contributed by atoms with E-state index in [1.165, 1.54) is 12.1 Å². The van der Waals surface area contributed by atoms with Crippen LogP contribution in [0.25, 0.3) is 0 Å². The molecular formula is C21H13FO. The van der Waals surface area contributed by atoms with Gasteiger partial charge in [-0.25, -0.2) is 4.39 Å². The third kappa shape index (κ3) is 3.53. The van der Waals surface area contributed by atoms with Crippen LogP contribution in [0.2, 0.25) is 0 Å². The molecule has 0 spiro atoms. The van der Waals surface area contributed by atoms with Gasteiger partial charge >= 0.3 is 0 Å². The lowest BCUT2D eigenvalue weighted by atomic mass is 9.98. The number of carbonyl (C=O) groups excluding carboxylic acids is 1. The van der Waals surface area contributed by atoms with Crippen LogP contribution in [-0.2, 0) is 0 Å². The van der Waals surface area contributed by atoms with Gasteiger partial charge in [-0.2, -0.15) is 0 Å². The number of hydrogen-bond donors (Lipinski definition) is 0. The Labute approximate surface area is 134 Å². The molecule has 3 aromatic rings. The summed E-state index contributed by atoms with van der Waals surface area (Å²) >= 11 is 0. The Kier molecular flexibility index (Phi) is 4.31. The number of halogens is 1. The first-order valence-electron chi connectivity index (χ1n) is 7.20. The Bertz CT molecular complexity index is 902. The minimum atomic E-state index is -0.328. The second-order valence-electron chi connectivity index (χ2n) is 5.00. The molecule has 1 nitrogen and oxygen atoms in total. The molecule has 0 saturated carbocycles. The zero-order chi connectivity index (χ0) is 16.1. The summed E-state index contributed by atoms with van der Waals surface area (Å²) in [5, 5.41) is 0. The van der Waals surface area contributed by atoms with Crippen LogP contribution < -0.4 is 0 Å². The van der Waals surface area contributed by atoms with Crippen molar-refractivity contribution in [1.29, 1.82) is 0 Å². The lowest BCUT2D eigenvalue weighted by molar-refractivity contribution is 0.103. The van der Waals surface area contributed by atoms with Crippen molar-refractivity contribution in [2.45, 2.75) is 0 Å². The van der Waals surface area contributed by atoms with E-state index in [2.05, 4.69) is 11.8 Å². The molecule has 0 amide bonds. The zero-order valence-corrected chi connectivity index (χ0v) is 12.3. The van der Waals surface area contributed by atoms with Crippen LogP contribution in [0.5, 0.6) is 0 Å². The molecule has 0 fully saturated rings. The average Bonchev–Trinajstić information content (AvgIpc) is 2.60. The number of rotatable bonds is 2. The molecule has 0 saturated heterocycles. The summed E-state index contributed by atoms with van der Waals surface area (Å²) in [5.74, 6) is 5.47. The highest BCUT2D eigenvalue weighted by Crippen LogP contribution is 2.14. The van der Waals surface area contributed by atoms with Crippen LogP contribution in [0.1, 0.15) is 27.0 Å². The molecule has 0 bridgehead atoms. The Morgan fingerprint density at radius 2 is 1.52 bits per heavy atom. The highest BCUT2D eigenvalue weighted by Gasteiger charge is 2.11. The molecule has 0 aromatic heterocycles. The van der Waals surface area contributed by atoms with Crippen LogP contribution in [0, 0.1) is 17.7 Å². The summed E-state index contributed by atoms with van der Waals surface area (Å²) in [5.41, 5.74) is 2.37. The first-order valence-corrected chi connectivity index (χ1v) is 7.20. The first kappa shape index (κ1) is 14.7. The van der Waals surface area contributed by atoms with Gasteiger partial charge in [-0.3, -0.25) is 4.79 Å². The summed E-state index contributed by atoms with van der Waals surface area (Å²) in [6, 6.07) is 22.4. The summed E-state index contributed by atoms with van der Waals surface area (Å²) < 4.78 is 13.2. The van der Waals surface area contributed by atoms with Gasteiger partial charge in [0.25, 0.3) is 0 Å². The minimum Gasteiger partial charge on any atom is -0.289 e. The first-order chi connectivity index (χ1) is 11.2. The van der Waals surface area contributed by atoms with Gasteiger partial charge in [0, 0.05) is 22.3 Å². The van der Waals surface area contributed by atoms with Gasteiger partial charge in [-0.15, -0.1) is 0 Å². The number of benzene rings is 3. The molecule has 3 rings (SSSR count). The van der Waals surface area contributed by atoms with E-state index in [9.17, 15) is 9.18 Å². The maximum atomic E-state index is 13.2. The Morgan fingerprint density at radius 1 is 0.783 bits per heavy atom. The van der Waals surface area contributed by atoms with E-state index in [-0.39, 0.29) is 11.6 Å². The molecule has 0 N–H and O–H groups in total. The number of ketones is 1. The van der Waals surface area contributed by atoms with Crippen molar-refractivity contribution in [2.24, 2.45) is 0 Å². The Balaban J connectivity index is 1.98. The fourth-order valence-electron chi connectivity index (χ4n) is 2.24. The van der Waals surface area contributed by atoms with E-state index in [4.69, 9.17) is 0 Å². The molecule has 0 aliphatic carbocycles. The lowest BCUT2D eigenvalue weighted by Gasteiger charge is -2.03. The smallest absolute Gasteiger partial charge is 0.194 e. The quantitative estimate of drug-likeness (QED) is 0.504. The molecule has 0 heterocycles. The lowest BCUT2D eigenvalue weighted by Crippen LogP contribution is -2.03. The van der Waals surface area contributed by atoms with Crippen molar-refractivity contribution in [3.05, 3.63) is 107 Å². The van der Waals surface area contributed by atoms with Crippen LogP contribution in [0.15, 0.2) is 78.9 Å². The van der Waals surface area contributed by atoms with Crippen LogP contribution in [0.3, 0.4) is 0 Å². The molecule has 0 radical (unpaired) electrons. The fraction of sp³-hybridized carbons (Fsp3) is 0. The largest absolute Gasteiger partial charge is 0.289 e. The third-order valence-electron chi connectivity index (χ3n) is 3.37. The summed E-state index contributed by atoms with van der Waals surface area (Å²) in [6.07, 6.45) is 0. The molecule has 3 aromatic carbocycles. The molecule has 0 unspecified atom stereocenters. The Hall–Kier alpha value is -3.18. The van der Waals surface area contributed by atoms with Gasteiger partial charge in [-0.05, 0) is 30.3 Å². The van der Waals surface area contributed by atoms with E-state index < -0.39 is 0 Å². The molecule has 0 aliphatic heterocycles. The van der Waals surface area contributed by atoms with Gasteiger partial charge in [0.15, 0.2) is 5.78 Å². The maximum Gasteiger partial charge on any atom is 0.194 e. The van der Waals surface area contributed by atoms with Crippen molar-refractivity contribution in [3.63, 3.8) is 0 Å². The maximum absolute atomic E-state index is 13.2. The van der Waals surface area contributed by atoms with Crippen molar-refractivity contribution >= 4 is 5.78 Å². The second-order valence-corrected chi connectivity index (χ2v) is 5.00. The molecule has 110 valence electrons. The van der Waals surface area contributed by atoms with Crippen LogP contribution in [-0.4, -0.2) is 5.78 Å². The molecule has 0 atom stereocenters. The van der Waals surface area contributed by atoms with Gasteiger partial charge in [-0.1, -0.05) is 60.4 Å². The summed E-state index contributed by atoms with van der Waals surface area (Å²) in [7, 11) is 0. The van der Waals surface area contributed by atoms with Crippen LogP contribution in [0.4, 0.5) is 4.39 Å². The Morgan fingerprint density at radius 3 is 2.30 bits per heavy atom. The predicted octanol–water partition coefficient (Wildman–Crippen LogP) is 4.46. The molecule has 2 heteroatoms. The van der Waals surface area contributed by atoms with Gasteiger partial charge < -0.3 is 0 Å². The monoisotopic (exact) mass is 300 g/mol. The van der Waals surface area contributed by atoms with Crippen molar-refractivity contribution in [1.82, 2.24) is 0 Å². The topological polar surface area (TPSA) is 17.1 Å². The van der Waals surface area contributed by atoms with E-state index in [1.54, 1.807) is 36.4 Å². The summed E-state index contributed by atoms with van der Waals surface area (Å²) in [4.78, 5) is 12.6. The molecule has 23 heavy (non-hydrogen) atoms. The summed E-state index contributed by atoms with van der Waals surface area (Å²) in [6.45, 7) is 0. The normalized spacial score (nSPS) is 9.78. The predicted molar refractivity (Wildman–Crippen MR) is 88.7 cm³/mol. The standard InChI is InChI=1S/C21H13FO/c22-19-11-6-7-16(15-19)13-14-17-8-4-5-12-20(17)21(23)18-9-2-1-3-10-18/h1-12,15H. The molecule has 0 aliphatic rings. The van der Waals surface area contributed by atoms with Gasteiger partial charge in [0.1, 0.15) is 5.82 Å². The van der Waals surface area contributed by atoms with Crippen molar-refractivity contribution in [3.8, 4) is 11.8 Å².